The Hall–Kier alpha value is -2.02. The molecule has 26 heavy (non-hydrogen) atoms. The Labute approximate surface area is 162 Å². The lowest BCUT2D eigenvalue weighted by Gasteiger charge is -2.14. The van der Waals surface area contributed by atoms with Crippen molar-refractivity contribution in [1.82, 2.24) is 0 Å². The number of ketones is 1. The maximum atomic E-state index is 12.6. The molecule has 0 spiro atoms. The Bertz CT molecular complexity index is 1020. The minimum Gasteiger partial charge on any atom is -0.357 e. The van der Waals surface area contributed by atoms with Crippen LogP contribution in [-0.2, 0) is 14.8 Å². The number of carbonyl (C=O) groups excluding carboxylic acids is 1. The first-order valence-corrected chi connectivity index (χ1v) is 10.1. The highest BCUT2D eigenvalue weighted by Gasteiger charge is 2.21. The monoisotopic (exact) mass is 410 g/mol. The number of benzene rings is 2. The van der Waals surface area contributed by atoms with Crippen molar-refractivity contribution >= 4 is 50.4 Å². The highest BCUT2D eigenvalue weighted by molar-refractivity contribution is 7.92. The molecule has 0 aromatic heterocycles. The van der Waals surface area contributed by atoms with Gasteiger partial charge in [0.15, 0.2) is 5.78 Å². The van der Waals surface area contributed by atoms with Crippen LogP contribution in [0.2, 0.25) is 10.0 Å². The number of Topliss-reactive ketones (excluding diaryl/α,β-unsaturated/α-hetero) is 1. The van der Waals surface area contributed by atoms with Crippen molar-refractivity contribution in [2.45, 2.75) is 24.7 Å². The van der Waals surface area contributed by atoms with Crippen molar-refractivity contribution < 1.29 is 13.2 Å². The third kappa shape index (κ3) is 3.87. The maximum absolute atomic E-state index is 12.6. The molecule has 2 aromatic carbocycles. The summed E-state index contributed by atoms with van der Waals surface area (Å²) >= 11 is 12.2. The van der Waals surface area contributed by atoms with Crippen molar-refractivity contribution in [3.05, 3.63) is 63.8 Å². The molecule has 0 amide bonds. The van der Waals surface area contributed by atoms with E-state index in [1.165, 1.54) is 12.1 Å². The predicted octanol–water partition coefficient (Wildman–Crippen LogP) is 4.84. The Morgan fingerprint density at radius 1 is 1.00 bits per heavy atom. The molecular formula is C18H16Cl2N2O3S. The second-order valence-electron chi connectivity index (χ2n) is 5.88. The van der Waals surface area contributed by atoms with Crippen LogP contribution in [0, 0.1) is 0 Å². The zero-order valence-electron chi connectivity index (χ0n) is 13.8. The minimum atomic E-state index is -3.84. The van der Waals surface area contributed by atoms with Gasteiger partial charge in [-0.2, -0.15) is 0 Å². The summed E-state index contributed by atoms with van der Waals surface area (Å²) in [5.41, 5.74) is 2.32. The quantitative estimate of drug-likeness (QED) is 0.738. The number of halogens is 2. The summed E-state index contributed by atoms with van der Waals surface area (Å²) in [7, 11) is -3.84. The maximum Gasteiger partial charge on any atom is 0.263 e. The summed E-state index contributed by atoms with van der Waals surface area (Å²) in [5.74, 6) is 0.0965. The molecule has 2 N–H and O–H groups in total. The van der Waals surface area contributed by atoms with Gasteiger partial charge in [-0.05, 0) is 43.7 Å². The van der Waals surface area contributed by atoms with Gasteiger partial charge in [-0.25, -0.2) is 8.42 Å². The third-order valence-electron chi connectivity index (χ3n) is 4.10. The summed E-state index contributed by atoms with van der Waals surface area (Å²) < 4.78 is 27.6. The van der Waals surface area contributed by atoms with Crippen molar-refractivity contribution in [3.8, 4) is 0 Å². The molecule has 0 fully saturated rings. The first-order chi connectivity index (χ1) is 12.3. The molecule has 2 aromatic rings. The van der Waals surface area contributed by atoms with Gasteiger partial charge in [0.05, 0.1) is 21.4 Å². The van der Waals surface area contributed by atoms with E-state index in [9.17, 15) is 13.2 Å². The molecule has 1 aliphatic carbocycles. The zero-order valence-corrected chi connectivity index (χ0v) is 16.2. The molecule has 1 aliphatic rings. The van der Waals surface area contributed by atoms with Crippen LogP contribution in [0.5, 0.6) is 0 Å². The second kappa shape index (κ2) is 7.31. The molecule has 136 valence electrons. The number of allylic oxidation sites excluding steroid dienone is 2. The molecule has 0 radical (unpaired) electrons. The lowest BCUT2D eigenvalue weighted by molar-refractivity contribution is -0.114. The fourth-order valence-electron chi connectivity index (χ4n) is 2.66. The predicted molar refractivity (Wildman–Crippen MR) is 104 cm³/mol. The van der Waals surface area contributed by atoms with Crippen LogP contribution in [-0.4, -0.2) is 14.2 Å². The third-order valence-corrected chi connectivity index (χ3v) is 6.31. The number of sulfonamides is 1. The molecule has 0 heterocycles. The molecule has 3 rings (SSSR count). The second-order valence-corrected chi connectivity index (χ2v) is 8.35. The van der Waals surface area contributed by atoms with Crippen LogP contribution in [0.25, 0.3) is 0 Å². The Morgan fingerprint density at radius 2 is 1.73 bits per heavy atom. The van der Waals surface area contributed by atoms with Gasteiger partial charge in [-0.15, -0.1) is 0 Å². The van der Waals surface area contributed by atoms with E-state index in [1.807, 2.05) is 0 Å². The standard InChI is InChI=1S/C18H16Cl2N2O3S/c1-11-15(8-9-17(11)23)21-16-10-12(6-7-13(16)19)22-26(24,25)18-5-3-2-4-14(18)20/h2-7,10,21-22H,8-9H2,1H3. The van der Waals surface area contributed by atoms with E-state index in [0.29, 0.717) is 34.8 Å². The van der Waals surface area contributed by atoms with Crippen molar-refractivity contribution in [2.75, 3.05) is 10.0 Å². The van der Waals surface area contributed by atoms with Gasteiger partial charge in [0.2, 0.25) is 0 Å². The first kappa shape index (κ1) is 18.8. The average Bonchev–Trinajstić information content (AvgIpc) is 2.90. The number of nitrogens with one attached hydrogen (secondary N) is 2. The van der Waals surface area contributed by atoms with Gasteiger partial charge >= 0.3 is 0 Å². The van der Waals surface area contributed by atoms with Crippen LogP contribution in [0.3, 0.4) is 0 Å². The number of hydrogen-bond donors (Lipinski definition) is 2. The summed E-state index contributed by atoms with van der Waals surface area (Å²) in [6, 6.07) is 10.9. The van der Waals surface area contributed by atoms with Crippen molar-refractivity contribution in [3.63, 3.8) is 0 Å². The Morgan fingerprint density at radius 3 is 2.38 bits per heavy atom. The van der Waals surface area contributed by atoms with E-state index in [-0.39, 0.29) is 15.7 Å². The Kier molecular flexibility index (Phi) is 5.27. The van der Waals surface area contributed by atoms with Gasteiger partial charge in [0, 0.05) is 17.7 Å². The summed E-state index contributed by atoms with van der Waals surface area (Å²) in [5, 5.41) is 3.69. The van der Waals surface area contributed by atoms with Crippen molar-refractivity contribution in [1.29, 1.82) is 0 Å². The molecule has 0 aliphatic heterocycles. The molecule has 0 saturated heterocycles. The van der Waals surface area contributed by atoms with Crippen LogP contribution in [0.4, 0.5) is 11.4 Å². The molecule has 0 unspecified atom stereocenters. The topological polar surface area (TPSA) is 75.3 Å². The van der Waals surface area contributed by atoms with E-state index >= 15 is 0 Å². The first-order valence-electron chi connectivity index (χ1n) is 7.85. The fraction of sp³-hybridized carbons (Fsp3) is 0.167. The lowest BCUT2D eigenvalue weighted by Crippen LogP contribution is -2.13. The highest BCUT2D eigenvalue weighted by atomic mass is 35.5. The molecule has 8 heteroatoms. The fourth-order valence-corrected chi connectivity index (χ4v) is 4.39. The molecule has 0 bridgehead atoms. The van der Waals surface area contributed by atoms with E-state index in [2.05, 4.69) is 10.0 Å². The SMILES string of the molecule is CC1=C(Nc2cc(NS(=O)(=O)c3ccccc3Cl)ccc2Cl)CCC1=O. The van der Waals surface area contributed by atoms with Gasteiger partial charge in [-0.3, -0.25) is 9.52 Å². The van der Waals surface area contributed by atoms with Gasteiger partial charge in [-0.1, -0.05) is 35.3 Å². The van der Waals surface area contributed by atoms with E-state index in [4.69, 9.17) is 23.2 Å². The largest absolute Gasteiger partial charge is 0.357 e. The normalized spacial score (nSPS) is 14.7. The summed E-state index contributed by atoms with van der Waals surface area (Å²) in [4.78, 5) is 11.7. The van der Waals surface area contributed by atoms with Crippen LogP contribution >= 0.6 is 23.2 Å². The number of carbonyl (C=O) groups is 1. The van der Waals surface area contributed by atoms with Crippen LogP contribution < -0.4 is 10.0 Å². The van der Waals surface area contributed by atoms with Gasteiger partial charge in [0.25, 0.3) is 10.0 Å². The van der Waals surface area contributed by atoms with Gasteiger partial charge in [0.1, 0.15) is 4.90 Å². The Balaban J connectivity index is 1.88. The number of hydrogen-bond acceptors (Lipinski definition) is 4. The number of rotatable bonds is 5. The zero-order chi connectivity index (χ0) is 18.9. The summed E-state index contributed by atoms with van der Waals surface area (Å²) in [6.45, 7) is 1.76. The summed E-state index contributed by atoms with van der Waals surface area (Å²) in [6.07, 6.45) is 1.07. The van der Waals surface area contributed by atoms with E-state index in [1.54, 1.807) is 37.3 Å². The minimum absolute atomic E-state index is 0.00827. The molecule has 5 nitrogen and oxygen atoms in total. The highest BCUT2D eigenvalue weighted by Crippen LogP contribution is 2.32. The molecule has 0 atom stereocenters. The molecular weight excluding hydrogens is 395 g/mol. The van der Waals surface area contributed by atoms with E-state index < -0.39 is 10.0 Å². The van der Waals surface area contributed by atoms with E-state index in [0.717, 1.165) is 5.70 Å². The van der Waals surface area contributed by atoms with Crippen LogP contribution in [0.1, 0.15) is 19.8 Å². The lowest BCUT2D eigenvalue weighted by atomic mass is 10.2. The smallest absolute Gasteiger partial charge is 0.263 e. The van der Waals surface area contributed by atoms with Gasteiger partial charge < -0.3 is 5.32 Å². The average molecular weight is 411 g/mol. The van der Waals surface area contributed by atoms with Crippen LogP contribution in [0.15, 0.2) is 58.6 Å². The number of anilines is 2. The van der Waals surface area contributed by atoms with Crippen molar-refractivity contribution in [2.24, 2.45) is 0 Å². The molecule has 0 saturated carbocycles.